The van der Waals surface area contributed by atoms with Crippen LogP contribution in [-0.4, -0.2) is 6.61 Å². The highest BCUT2D eigenvalue weighted by atomic mass is 79.9. The van der Waals surface area contributed by atoms with Crippen LogP contribution in [0.15, 0.2) is 33.2 Å². The van der Waals surface area contributed by atoms with Crippen LogP contribution in [0, 0.1) is 0 Å². The molecule has 0 saturated carbocycles. The van der Waals surface area contributed by atoms with Crippen LogP contribution in [0.25, 0.3) is 0 Å². The van der Waals surface area contributed by atoms with Crippen LogP contribution in [-0.2, 0) is 19.3 Å². The zero-order valence-electron chi connectivity index (χ0n) is 11.5. The van der Waals surface area contributed by atoms with E-state index in [9.17, 15) is 0 Å². The van der Waals surface area contributed by atoms with Crippen LogP contribution in [0.1, 0.15) is 35.6 Å². The van der Waals surface area contributed by atoms with E-state index < -0.39 is 0 Å². The summed E-state index contributed by atoms with van der Waals surface area (Å²) in [5, 5.41) is 0. The Morgan fingerprint density at radius 1 is 1.35 bits per heavy atom. The summed E-state index contributed by atoms with van der Waals surface area (Å²) in [5.74, 6) is 2.82. The lowest BCUT2D eigenvalue weighted by Gasteiger charge is -2.13. The fraction of sp³-hybridized carbons (Fsp3) is 0.375. The van der Waals surface area contributed by atoms with Crippen molar-refractivity contribution in [2.75, 3.05) is 6.61 Å². The van der Waals surface area contributed by atoms with E-state index in [2.05, 4.69) is 35.0 Å². The fourth-order valence-corrected chi connectivity index (χ4v) is 3.17. The summed E-state index contributed by atoms with van der Waals surface area (Å²) in [6, 6.07) is 8.05. The Kier molecular flexibility index (Phi) is 3.85. The van der Waals surface area contributed by atoms with Gasteiger partial charge in [0.2, 0.25) is 0 Å². The van der Waals surface area contributed by atoms with Gasteiger partial charge in [-0.05, 0) is 41.8 Å². The summed E-state index contributed by atoms with van der Waals surface area (Å²) < 4.78 is 12.6. The highest BCUT2D eigenvalue weighted by Crippen LogP contribution is 2.35. The lowest BCUT2D eigenvalue weighted by atomic mass is 10.0. The predicted molar refractivity (Wildman–Crippen MR) is 82.1 cm³/mol. The summed E-state index contributed by atoms with van der Waals surface area (Å²) in [5.41, 5.74) is 8.68. The maximum absolute atomic E-state index is 6.27. The van der Waals surface area contributed by atoms with E-state index in [0.717, 1.165) is 53.2 Å². The first-order valence-corrected chi connectivity index (χ1v) is 7.75. The van der Waals surface area contributed by atoms with Crippen LogP contribution in [0.2, 0.25) is 0 Å². The average Bonchev–Trinajstić information content (AvgIpc) is 3.06. The molecule has 20 heavy (non-hydrogen) atoms. The summed E-state index contributed by atoms with van der Waals surface area (Å²) in [7, 11) is 0. The molecule has 0 bridgehead atoms. The third-order valence-corrected chi connectivity index (χ3v) is 4.12. The van der Waals surface area contributed by atoms with E-state index in [4.69, 9.17) is 14.9 Å². The minimum Gasteiger partial charge on any atom is -0.493 e. The third-order valence-electron chi connectivity index (χ3n) is 3.66. The second kappa shape index (κ2) is 5.62. The molecule has 3 nitrogen and oxygen atoms in total. The van der Waals surface area contributed by atoms with Crippen molar-refractivity contribution in [2.24, 2.45) is 5.73 Å². The van der Waals surface area contributed by atoms with Gasteiger partial charge in [-0.2, -0.15) is 0 Å². The van der Waals surface area contributed by atoms with Crippen molar-refractivity contribution in [3.8, 4) is 5.75 Å². The monoisotopic (exact) mass is 335 g/mol. The summed E-state index contributed by atoms with van der Waals surface area (Å²) >= 11 is 3.56. The smallest absolute Gasteiger partial charge is 0.125 e. The van der Waals surface area contributed by atoms with E-state index in [-0.39, 0.29) is 6.04 Å². The Hall–Kier alpha value is -1.26. The summed E-state index contributed by atoms with van der Waals surface area (Å²) in [6.07, 6.45) is 2.58. The Morgan fingerprint density at radius 3 is 2.95 bits per heavy atom. The molecule has 4 heteroatoms. The molecule has 0 saturated heterocycles. The second-order valence-electron chi connectivity index (χ2n) is 5.12. The van der Waals surface area contributed by atoms with Crippen molar-refractivity contribution in [1.82, 2.24) is 0 Å². The Balaban J connectivity index is 1.84. The minimum atomic E-state index is -0.141. The number of aryl methyl sites for hydroxylation is 1. The van der Waals surface area contributed by atoms with Gasteiger partial charge < -0.3 is 14.9 Å². The Bertz CT molecular complexity index is 621. The van der Waals surface area contributed by atoms with Crippen LogP contribution in [0.5, 0.6) is 5.75 Å². The number of halogens is 1. The third kappa shape index (κ3) is 2.63. The molecule has 0 spiro atoms. The molecule has 106 valence electrons. The van der Waals surface area contributed by atoms with Crippen molar-refractivity contribution in [3.63, 3.8) is 0 Å². The highest BCUT2D eigenvalue weighted by Gasteiger charge is 2.20. The molecule has 0 aliphatic carbocycles. The lowest BCUT2D eigenvalue weighted by Crippen LogP contribution is -2.13. The Labute approximate surface area is 127 Å². The molecule has 3 rings (SSSR count). The van der Waals surface area contributed by atoms with Gasteiger partial charge >= 0.3 is 0 Å². The number of benzene rings is 1. The van der Waals surface area contributed by atoms with E-state index in [1.54, 1.807) is 0 Å². The van der Waals surface area contributed by atoms with Crippen LogP contribution >= 0.6 is 15.9 Å². The predicted octanol–water partition coefficient (Wildman–Crippen LogP) is 3.78. The van der Waals surface area contributed by atoms with Gasteiger partial charge in [-0.1, -0.05) is 22.9 Å². The molecule has 0 fully saturated rings. The SMILES string of the molecule is CCc1ccc(C(N)Cc2cc(Br)cc3c2OCC3)o1. The molecule has 0 radical (unpaired) electrons. The van der Waals surface area contributed by atoms with Crippen molar-refractivity contribution >= 4 is 15.9 Å². The molecule has 1 atom stereocenters. The van der Waals surface area contributed by atoms with Crippen LogP contribution in [0.3, 0.4) is 0 Å². The van der Waals surface area contributed by atoms with Gasteiger partial charge in [0.15, 0.2) is 0 Å². The molecule has 2 N–H and O–H groups in total. The largest absolute Gasteiger partial charge is 0.493 e. The number of nitrogens with two attached hydrogens (primary N) is 1. The van der Waals surface area contributed by atoms with E-state index in [1.165, 1.54) is 5.56 Å². The van der Waals surface area contributed by atoms with Gasteiger partial charge in [0.25, 0.3) is 0 Å². The molecule has 0 amide bonds. The van der Waals surface area contributed by atoms with Gasteiger partial charge in [-0.15, -0.1) is 0 Å². The molecule has 2 aromatic rings. The maximum atomic E-state index is 6.27. The van der Waals surface area contributed by atoms with Crippen molar-refractivity contribution < 1.29 is 9.15 Å². The van der Waals surface area contributed by atoms with Crippen molar-refractivity contribution in [3.05, 3.63) is 51.4 Å². The summed E-state index contributed by atoms with van der Waals surface area (Å²) in [4.78, 5) is 0. The fourth-order valence-electron chi connectivity index (χ4n) is 2.62. The molecule has 1 unspecified atom stereocenters. The molecule has 1 aromatic heterocycles. The van der Waals surface area contributed by atoms with Gasteiger partial charge in [0.1, 0.15) is 17.3 Å². The first-order chi connectivity index (χ1) is 9.67. The van der Waals surface area contributed by atoms with Gasteiger partial charge in [0, 0.05) is 17.3 Å². The van der Waals surface area contributed by atoms with E-state index in [1.807, 2.05) is 12.1 Å². The van der Waals surface area contributed by atoms with Crippen molar-refractivity contribution in [2.45, 2.75) is 32.2 Å². The van der Waals surface area contributed by atoms with Gasteiger partial charge in [-0.25, -0.2) is 0 Å². The first-order valence-electron chi connectivity index (χ1n) is 6.95. The Morgan fingerprint density at radius 2 is 2.20 bits per heavy atom. The minimum absolute atomic E-state index is 0.141. The van der Waals surface area contributed by atoms with Crippen LogP contribution < -0.4 is 10.5 Å². The number of furan rings is 1. The second-order valence-corrected chi connectivity index (χ2v) is 6.04. The lowest BCUT2D eigenvalue weighted by molar-refractivity contribution is 0.351. The molecule has 1 aromatic carbocycles. The zero-order valence-corrected chi connectivity index (χ0v) is 13.1. The van der Waals surface area contributed by atoms with E-state index >= 15 is 0 Å². The topological polar surface area (TPSA) is 48.4 Å². The molecule has 2 heterocycles. The van der Waals surface area contributed by atoms with Gasteiger partial charge in [-0.3, -0.25) is 0 Å². The van der Waals surface area contributed by atoms with Crippen molar-refractivity contribution in [1.29, 1.82) is 0 Å². The normalized spacial score (nSPS) is 14.9. The molecule has 1 aliphatic rings. The highest BCUT2D eigenvalue weighted by molar-refractivity contribution is 9.10. The number of hydrogen-bond acceptors (Lipinski definition) is 3. The van der Waals surface area contributed by atoms with Crippen LogP contribution in [0.4, 0.5) is 0 Å². The maximum Gasteiger partial charge on any atom is 0.125 e. The number of rotatable bonds is 4. The number of ether oxygens (including phenoxy) is 1. The number of hydrogen-bond donors (Lipinski definition) is 1. The molecular weight excluding hydrogens is 318 g/mol. The summed E-state index contributed by atoms with van der Waals surface area (Å²) in [6.45, 7) is 2.83. The van der Waals surface area contributed by atoms with Gasteiger partial charge in [0.05, 0.1) is 12.6 Å². The zero-order chi connectivity index (χ0) is 14.1. The standard InChI is InChI=1S/C16H18BrNO2/c1-2-13-3-4-15(20-13)14(18)9-11-8-12(17)7-10-5-6-19-16(10)11/h3-4,7-8,14H,2,5-6,9,18H2,1H3. The van der Waals surface area contributed by atoms with E-state index in [0.29, 0.717) is 0 Å². The molecular formula is C16H18BrNO2. The number of fused-ring (bicyclic) bond motifs is 1. The first kappa shape index (κ1) is 13.7. The molecule has 1 aliphatic heterocycles. The average molecular weight is 336 g/mol. The quantitative estimate of drug-likeness (QED) is 0.924.